The van der Waals surface area contributed by atoms with Gasteiger partial charge in [-0.2, -0.15) is 0 Å². The molecule has 0 aliphatic carbocycles. The quantitative estimate of drug-likeness (QED) is 0.829. The lowest BCUT2D eigenvalue weighted by atomic mass is 10.2. The minimum atomic E-state index is -1.07. The van der Waals surface area contributed by atoms with Crippen molar-refractivity contribution in [1.29, 1.82) is 0 Å². The fourth-order valence-corrected chi connectivity index (χ4v) is 1.82. The second kappa shape index (κ2) is 5.23. The number of nitrogens with zero attached hydrogens (tertiary/aromatic N) is 4. The Morgan fingerprint density at radius 1 is 1.53 bits per heavy atom. The molecule has 0 fully saturated rings. The van der Waals surface area contributed by atoms with Gasteiger partial charge in [0.05, 0.1) is 6.04 Å². The van der Waals surface area contributed by atoms with Crippen molar-refractivity contribution < 1.29 is 9.90 Å². The molecule has 0 aliphatic heterocycles. The van der Waals surface area contributed by atoms with Gasteiger partial charge in [-0.05, 0) is 19.1 Å². The van der Waals surface area contributed by atoms with Crippen molar-refractivity contribution in [1.82, 2.24) is 19.7 Å². The van der Waals surface area contributed by atoms with Crippen LogP contribution in [0.3, 0.4) is 0 Å². The molecule has 8 heteroatoms. The number of aromatic nitrogens is 4. The predicted octanol–water partition coefficient (Wildman–Crippen LogP) is 1.73. The summed E-state index contributed by atoms with van der Waals surface area (Å²) in [6.45, 7) is 1.83. The van der Waals surface area contributed by atoms with Gasteiger partial charge in [-0.1, -0.05) is 11.6 Å². The molecule has 100 valence electrons. The molecular weight excluding hydrogens is 270 g/mol. The van der Waals surface area contributed by atoms with Crippen LogP contribution in [-0.4, -0.2) is 30.8 Å². The third-order valence-corrected chi connectivity index (χ3v) is 2.79. The van der Waals surface area contributed by atoms with E-state index >= 15 is 0 Å². The maximum absolute atomic E-state index is 11.1. The second-order valence-electron chi connectivity index (χ2n) is 4.00. The smallest absolute Gasteiger partial charge is 0.339 e. The molecule has 1 unspecified atom stereocenters. The minimum absolute atomic E-state index is 0.0541. The molecule has 2 rings (SSSR count). The number of anilines is 1. The van der Waals surface area contributed by atoms with Crippen molar-refractivity contribution in [2.45, 2.75) is 13.0 Å². The predicted molar refractivity (Wildman–Crippen MR) is 69.2 cm³/mol. The Labute approximate surface area is 114 Å². The molecule has 2 heterocycles. The number of hydrogen-bond acceptors (Lipinski definition) is 5. The maximum Gasteiger partial charge on any atom is 0.339 e. The molecule has 0 spiro atoms. The van der Waals surface area contributed by atoms with E-state index in [0.717, 1.165) is 0 Å². The largest absolute Gasteiger partial charge is 0.478 e. The molecule has 0 amide bonds. The Bertz CT molecular complexity index is 613. The van der Waals surface area contributed by atoms with Crippen LogP contribution < -0.4 is 5.32 Å². The fraction of sp³-hybridized carbons (Fsp3) is 0.273. The summed E-state index contributed by atoms with van der Waals surface area (Å²) in [5, 5.41) is 20.0. The van der Waals surface area contributed by atoms with Gasteiger partial charge in [-0.25, -0.2) is 9.78 Å². The summed E-state index contributed by atoms with van der Waals surface area (Å²) in [6.07, 6.45) is 1.57. The van der Waals surface area contributed by atoms with Crippen LogP contribution in [0.15, 0.2) is 18.5 Å². The zero-order valence-electron chi connectivity index (χ0n) is 10.3. The van der Waals surface area contributed by atoms with Crippen LogP contribution in [0.25, 0.3) is 0 Å². The standard InChI is InChI=1S/C11H12ClN5O2/c1-6(10-16-13-5-17(10)2)14-9-7(11(18)19)3-4-8(12)15-9/h3-6H,1-2H3,(H,14,15)(H,18,19). The van der Waals surface area contributed by atoms with E-state index in [4.69, 9.17) is 16.7 Å². The van der Waals surface area contributed by atoms with Gasteiger partial charge in [0, 0.05) is 7.05 Å². The van der Waals surface area contributed by atoms with Crippen LogP contribution >= 0.6 is 11.6 Å². The molecule has 0 aromatic carbocycles. The average Bonchev–Trinajstić information content (AvgIpc) is 2.75. The topological polar surface area (TPSA) is 92.9 Å². The Kier molecular flexibility index (Phi) is 3.66. The monoisotopic (exact) mass is 281 g/mol. The highest BCUT2D eigenvalue weighted by molar-refractivity contribution is 6.29. The third kappa shape index (κ3) is 2.82. The van der Waals surface area contributed by atoms with Crippen molar-refractivity contribution in [3.63, 3.8) is 0 Å². The van der Waals surface area contributed by atoms with Crippen LogP contribution in [0, 0.1) is 0 Å². The Morgan fingerprint density at radius 2 is 2.26 bits per heavy atom. The van der Waals surface area contributed by atoms with E-state index in [0.29, 0.717) is 5.82 Å². The van der Waals surface area contributed by atoms with E-state index in [1.807, 2.05) is 6.92 Å². The first-order valence-electron chi connectivity index (χ1n) is 5.49. The van der Waals surface area contributed by atoms with E-state index in [-0.39, 0.29) is 22.6 Å². The van der Waals surface area contributed by atoms with E-state index in [2.05, 4.69) is 20.5 Å². The van der Waals surface area contributed by atoms with Crippen LogP contribution in [-0.2, 0) is 7.05 Å². The first-order chi connectivity index (χ1) is 8.99. The van der Waals surface area contributed by atoms with E-state index in [9.17, 15) is 4.79 Å². The highest BCUT2D eigenvalue weighted by atomic mass is 35.5. The van der Waals surface area contributed by atoms with Gasteiger partial charge in [-0.3, -0.25) is 0 Å². The summed E-state index contributed by atoms with van der Waals surface area (Å²) in [7, 11) is 1.80. The second-order valence-corrected chi connectivity index (χ2v) is 4.39. The summed E-state index contributed by atoms with van der Waals surface area (Å²) < 4.78 is 1.74. The number of nitrogens with one attached hydrogen (secondary N) is 1. The van der Waals surface area contributed by atoms with Gasteiger partial charge in [-0.15, -0.1) is 10.2 Å². The van der Waals surface area contributed by atoms with E-state index < -0.39 is 5.97 Å². The number of pyridine rings is 1. The Hall–Kier alpha value is -2.15. The number of carbonyl (C=O) groups is 1. The molecule has 0 aliphatic rings. The summed E-state index contributed by atoms with van der Waals surface area (Å²) in [5.41, 5.74) is 0.0541. The SMILES string of the molecule is CC(Nc1nc(Cl)ccc1C(=O)O)c1nncn1C. The zero-order valence-corrected chi connectivity index (χ0v) is 11.1. The number of aromatic carboxylic acids is 1. The van der Waals surface area contributed by atoms with Crippen molar-refractivity contribution >= 4 is 23.4 Å². The summed E-state index contributed by atoms with van der Waals surface area (Å²) in [4.78, 5) is 15.1. The first kappa shape index (κ1) is 13.3. The van der Waals surface area contributed by atoms with Crippen LogP contribution in [0.1, 0.15) is 29.1 Å². The van der Waals surface area contributed by atoms with Gasteiger partial charge in [0.1, 0.15) is 22.9 Å². The summed E-state index contributed by atoms with van der Waals surface area (Å²) in [5.74, 6) is -0.203. The van der Waals surface area contributed by atoms with Gasteiger partial charge in [0.15, 0.2) is 5.82 Å². The van der Waals surface area contributed by atoms with Gasteiger partial charge < -0.3 is 15.0 Å². The van der Waals surface area contributed by atoms with E-state index in [1.54, 1.807) is 17.9 Å². The first-order valence-corrected chi connectivity index (χ1v) is 5.87. The molecule has 0 radical (unpaired) electrons. The molecule has 0 saturated heterocycles. The average molecular weight is 282 g/mol. The molecule has 7 nitrogen and oxygen atoms in total. The van der Waals surface area contributed by atoms with Crippen molar-refractivity contribution in [3.8, 4) is 0 Å². The number of aryl methyl sites for hydroxylation is 1. The Morgan fingerprint density at radius 3 is 2.84 bits per heavy atom. The molecule has 1 atom stereocenters. The number of hydrogen-bond donors (Lipinski definition) is 2. The Balaban J connectivity index is 2.30. The van der Waals surface area contributed by atoms with Crippen LogP contribution in [0.2, 0.25) is 5.15 Å². The van der Waals surface area contributed by atoms with Gasteiger partial charge in [0.25, 0.3) is 0 Å². The fourth-order valence-electron chi connectivity index (χ4n) is 1.67. The highest BCUT2D eigenvalue weighted by Crippen LogP contribution is 2.21. The van der Waals surface area contributed by atoms with Crippen molar-refractivity contribution in [2.24, 2.45) is 7.05 Å². The lowest BCUT2D eigenvalue weighted by Gasteiger charge is -2.15. The summed E-state index contributed by atoms with van der Waals surface area (Å²) in [6, 6.07) is 2.59. The normalized spacial score (nSPS) is 12.2. The van der Waals surface area contributed by atoms with E-state index in [1.165, 1.54) is 12.1 Å². The van der Waals surface area contributed by atoms with Gasteiger partial charge >= 0.3 is 5.97 Å². The van der Waals surface area contributed by atoms with Crippen LogP contribution in [0.4, 0.5) is 5.82 Å². The lowest BCUT2D eigenvalue weighted by molar-refractivity contribution is 0.0697. The third-order valence-electron chi connectivity index (χ3n) is 2.58. The van der Waals surface area contributed by atoms with Crippen molar-refractivity contribution in [3.05, 3.63) is 35.0 Å². The molecule has 19 heavy (non-hydrogen) atoms. The number of halogens is 1. The molecule has 2 aromatic rings. The number of carboxylic acids is 1. The molecule has 2 N–H and O–H groups in total. The lowest BCUT2D eigenvalue weighted by Crippen LogP contribution is -2.15. The van der Waals surface area contributed by atoms with Gasteiger partial charge in [0.2, 0.25) is 0 Å². The molecule has 0 bridgehead atoms. The van der Waals surface area contributed by atoms with Crippen LogP contribution in [0.5, 0.6) is 0 Å². The molecular formula is C11H12ClN5O2. The molecule has 0 saturated carbocycles. The summed E-state index contributed by atoms with van der Waals surface area (Å²) >= 11 is 5.78. The molecule has 2 aromatic heterocycles. The zero-order chi connectivity index (χ0) is 14.0. The number of rotatable bonds is 4. The minimum Gasteiger partial charge on any atom is -0.478 e. The maximum atomic E-state index is 11.1. The number of carboxylic acid groups (broad SMARTS) is 1. The van der Waals surface area contributed by atoms with Crippen molar-refractivity contribution in [2.75, 3.05) is 5.32 Å². The highest BCUT2D eigenvalue weighted by Gasteiger charge is 2.17.